The molecule has 2 fully saturated rings. The van der Waals surface area contributed by atoms with E-state index in [9.17, 15) is 0 Å². The fourth-order valence-corrected chi connectivity index (χ4v) is 4.08. The smallest absolute Gasteiger partial charge is 0.0649 e. The van der Waals surface area contributed by atoms with Gasteiger partial charge in [-0.3, -0.25) is 0 Å². The highest BCUT2D eigenvalue weighted by atomic mass is 16.5. The first-order valence-corrected chi connectivity index (χ1v) is 8.66. The summed E-state index contributed by atoms with van der Waals surface area (Å²) in [6, 6.07) is 0. The first kappa shape index (κ1) is 15.3. The minimum atomic E-state index is 0.352. The van der Waals surface area contributed by atoms with Gasteiger partial charge in [0.1, 0.15) is 0 Å². The van der Waals surface area contributed by atoms with Gasteiger partial charge >= 0.3 is 0 Å². The molecule has 0 radical (unpaired) electrons. The van der Waals surface area contributed by atoms with Gasteiger partial charge in [0.05, 0.1) is 12.2 Å². The molecule has 2 bridgehead atoms. The fraction of sp³-hybridized carbons (Fsp3) is 1.00. The maximum atomic E-state index is 6.07. The van der Waals surface area contributed by atoms with E-state index in [-0.39, 0.29) is 0 Å². The second kappa shape index (κ2) is 7.64. The number of hydrogen-bond donors (Lipinski definition) is 1. The lowest BCUT2D eigenvalue weighted by Gasteiger charge is -2.34. The van der Waals surface area contributed by atoms with Crippen molar-refractivity contribution in [1.29, 1.82) is 0 Å². The standard InChI is InChI=1S/C17H33NO/c1-2-3-4-5-6-7-8-9-12-17(14-18)13-15-10-11-16(17)19-15/h15-16H,2-14,18H2,1H3. The number of fused-ring (bicyclic) bond motifs is 2. The molecule has 0 saturated carbocycles. The molecule has 0 spiro atoms. The van der Waals surface area contributed by atoms with Crippen molar-refractivity contribution in [1.82, 2.24) is 0 Å². The molecule has 2 aliphatic rings. The molecule has 0 aromatic carbocycles. The van der Waals surface area contributed by atoms with Crippen molar-refractivity contribution >= 4 is 0 Å². The van der Waals surface area contributed by atoms with Crippen LogP contribution in [-0.2, 0) is 4.74 Å². The Bertz CT molecular complexity index is 256. The number of ether oxygens (including phenoxy) is 1. The van der Waals surface area contributed by atoms with Crippen molar-refractivity contribution in [3.8, 4) is 0 Å². The number of hydrogen-bond acceptors (Lipinski definition) is 2. The molecule has 2 nitrogen and oxygen atoms in total. The van der Waals surface area contributed by atoms with Crippen LogP contribution in [0.2, 0.25) is 0 Å². The molecule has 19 heavy (non-hydrogen) atoms. The molecular weight excluding hydrogens is 234 g/mol. The van der Waals surface area contributed by atoms with Gasteiger partial charge in [0.15, 0.2) is 0 Å². The first-order chi connectivity index (χ1) is 9.30. The highest BCUT2D eigenvalue weighted by molar-refractivity contribution is 5.00. The van der Waals surface area contributed by atoms with Crippen LogP contribution in [0.4, 0.5) is 0 Å². The Balaban J connectivity index is 1.55. The third-order valence-corrected chi connectivity index (χ3v) is 5.36. The SMILES string of the molecule is CCCCCCCCCCC1(CN)CC2CCC1O2. The van der Waals surface area contributed by atoms with Crippen LogP contribution >= 0.6 is 0 Å². The summed E-state index contributed by atoms with van der Waals surface area (Å²) in [6.45, 7) is 3.12. The Kier molecular flexibility index (Phi) is 6.15. The van der Waals surface area contributed by atoms with Crippen LogP contribution in [0.5, 0.6) is 0 Å². The summed E-state index contributed by atoms with van der Waals surface area (Å²) in [5, 5.41) is 0. The van der Waals surface area contributed by atoms with Crippen LogP contribution in [0.15, 0.2) is 0 Å². The zero-order valence-electron chi connectivity index (χ0n) is 12.8. The van der Waals surface area contributed by atoms with Crippen molar-refractivity contribution in [2.45, 2.75) is 96.2 Å². The molecule has 0 amide bonds. The molecule has 112 valence electrons. The van der Waals surface area contributed by atoms with Crippen molar-refractivity contribution in [2.24, 2.45) is 11.1 Å². The van der Waals surface area contributed by atoms with Gasteiger partial charge in [-0.2, -0.15) is 0 Å². The molecule has 2 saturated heterocycles. The third kappa shape index (κ3) is 3.95. The van der Waals surface area contributed by atoms with Crippen molar-refractivity contribution in [3.63, 3.8) is 0 Å². The third-order valence-electron chi connectivity index (χ3n) is 5.36. The van der Waals surface area contributed by atoms with Gasteiger partial charge in [0.25, 0.3) is 0 Å². The predicted molar refractivity (Wildman–Crippen MR) is 81.2 cm³/mol. The summed E-state index contributed by atoms with van der Waals surface area (Å²) in [6.07, 6.45) is 17.4. The lowest BCUT2D eigenvalue weighted by molar-refractivity contribution is 0.0587. The van der Waals surface area contributed by atoms with E-state index in [0.29, 0.717) is 17.6 Å². The van der Waals surface area contributed by atoms with E-state index in [2.05, 4.69) is 6.92 Å². The lowest BCUT2D eigenvalue weighted by atomic mass is 9.71. The van der Waals surface area contributed by atoms with Gasteiger partial charge in [-0.25, -0.2) is 0 Å². The molecular formula is C17H33NO. The van der Waals surface area contributed by atoms with E-state index in [1.165, 1.54) is 77.0 Å². The topological polar surface area (TPSA) is 35.2 Å². The molecule has 3 unspecified atom stereocenters. The van der Waals surface area contributed by atoms with Crippen LogP contribution in [0.25, 0.3) is 0 Å². The van der Waals surface area contributed by atoms with Gasteiger partial charge < -0.3 is 10.5 Å². The highest BCUT2D eigenvalue weighted by Gasteiger charge is 2.50. The Labute approximate surface area is 119 Å². The Hall–Kier alpha value is -0.0800. The largest absolute Gasteiger partial charge is 0.374 e. The molecule has 2 N–H and O–H groups in total. The maximum absolute atomic E-state index is 6.07. The normalized spacial score (nSPS) is 33.2. The van der Waals surface area contributed by atoms with Crippen LogP contribution in [0, 0.1) is 5.41 Å². The monoisotopic (exact) mass is 267 g/mol. The highest BCUT2D eigenvalue weighted by Crippen LogP contribution is 2.49. The minimum Gasteiger partial charge on any atom is -0.374 e. The van der Waals surface area contributed by atoms with Gasteiger partial charge in [-0.1, -0.05) is 58.3 Å². The molecule has 2 heterocycles. The minimum absolute atomic E-state index is 0.352. The lowest BCUT2D eigenvalue weighted by Crippen LogP contribution is -2.39. The van der Waals surface area contributed by atoms with Crippen molar-refractivity contribution in [2.75, 3.05) is 6.54 Å². The van der Waals surface area contributed by atoms with Gasteiger partial charge in [0, 0.05) is 12.0 Å². The fourth-order valence-electron chi connectivity index (χ4n) is 4.08. The summed E-state index contributed by atoms with van der Waals surface area (Å²) < 4.78 is 6.02. The predicted octanol–water partition coefficient (Wildman–Crippen LogP) is 4.41. The van der Waals surface area contributed by atoms with E-state index in [0.717, 1.165) is 6.54 Å². The van der Waals surface area contributed by atoms with Gasteiger partial charge in [-0.15, -0.1) is 0 Å². The van der Waals surface area contributed by atoms with E-state index in [4.69, 9.17) is 10.5 Å². The van der Waals surface area contributed by atoms with E-state index in [1.54, 1.807) is 0 Å². The molecule has 0 aromatic rings. The second-order valence-electron chi connectivity index (χ2n) is 6.82. The summed E-state index contributed by atoms with van der Waals surface area (Å²) in [4.78, 5) is 0. The van der Waals surface area contributed by atoms with Crippen LogP contribution in [0.1, 0.15) is 84.0 Å². The van der Waals surface area contributed by atoms with E-state index in [1.807, 2.05) is 0 Å². The molecule has 0 aliphatic carbocycles. The molecule has 2 heteroatoms. The molecule has 0 aromatic heterocycles. The quantitative estimate of drug-likeness (QED) is 0.595. The van der Waals surface area contributed by atoms with Gasteiger partial charge in [-0.05, 0) is 25.7 Å². The summed E-state index contributed by atoms with van der Waals surface area (Å²) in [5.74, 6) is 0. The number of rotatable bonds is 10. The zero-order chi connectivity index (χ0) is 13.6. The maximum Gasteiger partial charge on any atom is 0.0649 e. The molecule has 2 aliphatic heterocycles. The second-order valence-corrected chi connectivity index (χ2v) is 6.82. The van der Waals surface area contributed by atoms with Crippen molar-refractivity contribution in [3.05, 3.63) is 0 Å². The zero-order valence-corrected chi connectivity index (χ0v) is 12.8. The summed E-state index contributed by atoms with van der Waals surface area (Å²) in [5.41, 5.74) is 6.42. The summed E-state index contributed by atoms with van der Waals surface area (Å²) in [7, 11) is 0. The Morgan fingerprint density at radius 3 is 2.21 bits per heavy atom. The molecule has 3 atom stereocenters. The van der Waals surface area contributed by atoms with Crippen molar-refractivity contribution < 1.29 is 4.74 Å². The van der Waals surface area contributed by atoms with Gasteiger partial charge in [0.2, 0.25) is 0 Å². The first-order valence-electron chi connectivity index (χ1n) is 8.66. The Morgan fingerprint density at radius 1 is 1.00 bits per heavy atom. The summed E-state index contributed by atoms with van der Waals surface area (Å²) >= 11 is 0. The van der Waals surface area contributed by atoms with E-state index >= 15 is 0 Å². The molecule has 2 rings (SSSR count). The van der Waals surface area contributed by atoms with Crippen LogP contribution in [0.3, 0.4) is 0 Å². The average Bonchev–Trinajstić information content (AvgIpc) is 3.03. The van der Waals surface area contributed by atoms with Crippen LogP contribution < -0.4 is 5.73 Å². The Morgan fingerprint density at radius 2 is 1.68 bits per heavy atom. The number of nitrogens with two attached hydrogens (primary N) is 1. The van der Waals surface area contributed by atoms with Crippen LogP contribution in [-0.4, -0.2) is 18.8 Å². The average molecular weight is 267 g/mol. The number of unbranched alkanes of at least 4 members (excludes halogenated alkanes) is 7. The van der Waals surface area contributed by atoms with E-state index < -0.39 is 0 Å².